The van der Waals surface area contributed by atoms with Gasteiger partial charge in [-0.3, -0.25) is 0 Å². The van der Waals surface area contributed by atoms with E-state index in [9.17, 15) is 0 Å². The molecule has 0 radical (unpaired) electrons. The maximum atomic E-state index is 5.17. The molecule has 0 fully saturated rings. The zero-order valence-corrected chi connectivity index (χ0v) is 10.9. The summed E-state index contributed by atoms with van der Waals surface area (Å²) in [6.45, 7) is 3.46. The van der Waals surface area contributed by atoms with Gasteiger partial charge in [-0.1, -0.05) is 18.2 Å². The van der Waals surface area contributed by atoms with E-state index in [1.54, 1.807) is 18.4 Å². The molecule has 0 unspecified atom stereocenters. The molecular weight excluding hydrogens is 232 g/mol. The molecule has 0 spiro atoms. The van der Waals surface area contributed by atoms with Crippen LogP contribution in [0.5, 0.6) is 0 Å². The summed E-state index contributed by atoms with van der Waals surface area (Å²) in [7, 11) is 1.71. The van der Waals surface area contributed by atoms with Crippen molar-refractivity contribution in [1.29, 1.82) is 0 Å². The molecule has 1 heterocycles. The second-order valence-corrected chi connectivity index (χ2v) is 5.11. The first-order valence-electron chi connectivity index (χ1n) is 5.51. The third kappa shape index (κ3) is 3.28. The second kappa shape index (κ2) is 5.80. The summed E-state index contributed by atoms with van der Waals surface area (Å²) in [4.78, 5) is 5.49. The zero-order valence-electron chi connectivity index (χ0n) is 10.1. The Morgan fingerprint density at radius 1 is 1.35 bits per heavy atom. The molecule has 0 saturated carbocycles. The molecule has 0 aliphatic heterocycles. The van der Waals surface area contributed by atoms with E-state index in [4.69, 9.17) is 4.74 Å². The lowest BCUT2D eigenvalue weighted by atomic mass is 10.2. The first-order chi connectivity index (χ1) is 8.29. The van der Waals surface area contributed by atoms with Crippen LogP contribution >= 0.6 is 11.3 Å². The van der Waals surface area contributed by atoms with E-state index in [1.807, 2.05) is 25.3 Å². The van der Waals surface area contributed by atoms with E-state index in [1.165, 1.54) is 10.4 Å². The van der Waals surface area contributed by atoms with Crippen molar-refractivity contribution in [1.82, 2.24) is 4.98 Å². The zero-order chi connectivity index (χ0) is 12.1. The van der Waals surface area contributed by atoms with E-state index in [0.717, 1.165) is 17.2 Å². The number of ether oxygens (including phenoxy) is 1. The predicted octanol–water partition coefficient (Wildman–Crippen LogP) is 3.21. The summed E-state index contributed by atoms with van der Waals surface area (Å²) < 4.78 is 5.17. The number of anilines is 1. The van der Waals surface area contributed by atoms with Gasteiger partial charge in [0.05, 0.1) is 18.2 Å². The SMILES string of the molecule is COCc1ccccc1NCc1cnc(C)s1. The van der Waals surface area contributed by atoms with Gasteiger partial charge < -0.3 is 10.1 Å². The summed E-state index contributed by atoms with van der Waals surface area (Å²) in [5.41, 5.74) is 2.30. The highest BCUT2D eigenvalue weighted by atomic mass is 32.1. The number of hydrogen-bond donors (Lipinski definition) is 1. The second-order valence-electron chi connectivity index (χ2n) is 3.79. The number of thiazole rings is 1. The Balaban J connectivity index is 2.03. The topological polar surface area (TPSA) is 34.1 Å². The monoisotopic (exact) mass is 248 g/mol. The van der Waals surface area contributed by atoms with Crippen LogP contribution in [0.15, 0.2) is 30.5 Å². The average molecular weight is 248 g/mol. The van der Waals surface area contributed by atoms with Crippen LogP contribution in [-0.2, 0) is 17.9 Å². The van der Waals surface area contributed by atoms with E-state index < -0.39 is 0 Å². The Morgan fingerprint density at radius 2 is 2.18 bits per heavy atom. The third-order valence-electron chi connectivity index (χ3n) is 2.44. The summed E-state index contributed by atoms with van der Waals surface area (Å²) in [5, 5.41) is 4.52. The Bertz CT molecular complexity index is 482. The van der Waals surface area contributed by atoms with Crippen LogP contribution in [0.2, 0.25) is 0 Å². The van der Waals surface area contributed by atoms with Gasteiger partial charge in [-0.05, 0) is 13.0 Å². The normalized spacial score (nSPS) is 10.5. The molecule has 0 bridgehead atoms. The van der Waals surface area contributed by atoms with Gasteiger partial charge >= 0.3 is 0 Å². The minimum absolute atomic E-state index is 0.630. The number of rotatable bonds is 5. The average Bonchev–Trinajstić information content (AvgIpc) is 2.74. The number of nitrogens with zero attached hydrogens (tertiary/aromatic N) is 1. The third-order valence-corrected chi connectivity index (χ3v) is 3.35. The van der Waals surface area contributed by atoms with Crippen molar-refractivity contribution in [3.05, 3.63) is 45.9 Å². The summed E-state index contributed by atoms with van der Waals surface area (Å²) in [6.07, 6.45) is 1.92. The molecule has 2 rings (SSSR count). The van der Waals surface area contributed by atoms with E-state index >= 15 is 0 Å². The lowest BCUT2D eigenvalue weighted by Gasteiger charge is -2.10. The molecule has 2 aromatic rings. The highest BCUT2D eigenvalue weighted by Crippen LogP contribution is 2.18. The van der Waals surface area contributed by atoms with Crippen molar-refractivity contribution in [3.8, 4) is 0 Å². The molecule has 1 N–H and O–H groups in total. The van der Waals surface area contributed by atoms with Crippen LogP contribution in [0.1, 0.15) is 15.4 Å². The van der Waals surface area contributed by atoms with E-state index in [2.05, 4.69) is 22.4 Å². The number of para-hydroxylation sites is 1. The van der Waals surface area contributed by atoms with Crippen molar-refractivity contribution in [2.75, 3.05) is 12.4 Å². The van der Waals surface area contributed by atoms with Crippen molar-refractivity contribution in [2.24, 2.45) is 0 Å². The van der Waals surface area contributed by atoms with Crippen LogP contribution in [0, 0.1) is 6.92 Å². The first-order valence-corrected chi connectivity index (χ1v) is 6.33. The van der Waals surface area contributed by atoms with Crippen LogP contribution < -0.4 is 5.32 Å². The number of hydrogen-bond acceptors (Lipinski definition) is 4. The predicted molar refractivity (Wildman–Crippen MR) is 71.3 cm³/mol. The Kier molecular flexibility index (Phi) is 4.12. The molecule has 0 atom stereocenters. The Hall–Kier alpha value is -1.39. The number of nitrogens with one attached hydrogen (secondary N) is 1. The summed E-state index contributed by atoms with van der Waals surface area (Å²) in [6, 6.07) is 8.20. The van der Waals surface area contributed by atoms with Gasteiger partial charge in [0.2, 0.25) is 0 Å². The summed E-state index contributed by atoms with van der Waals surface area (Å²) in [5.74, 6) is 0. The minimum atomic E-state index is 0.630. The first kappa shape index (κ1) is 12.1. The molecule has 90 valence electrons. The fourth-order valence-corrected chi connectivity index (χ4v) is 2.38. The molecule has 3 nitrogen and oxygen atoms in total. The van der Waals surface area contributed by atoms with Gasteiger partial charge in [-0.15, -0.1) is 11.3 Å². The Labute approximate surface area is 105 Å². The van der Waals surface area contributed by atoms with Crippen LogP contribution in [0.4, 0.5) is 5.69 Å². The number of aryl methyl sites for hydroxylation is 1. The molecule has 1 aromatic carbocycles. The maximum Gasteiger partial charge on any atom is 0.0897 e. The van der Waals surface area contributed by atoms with Crippen LogP contribution in [0.3, 0.4) is 0 Å². The lowest BCUT2D eigenvalue weighted by molar-refractivity contribution is 0.185. The number of methoxy groups -OCH3 is 1. The maximum absolute atomic E-state index is 5.17. The number of aromatic nitrogens is 1. The van der Waals surface area contributed by atoms with Gasteiger partial charge in [0.15, 0.2) is 0 Å². The standard InChI is InChI=1S/C13H16N2OS/c1-10-14-7-12(17-10)8-15-13-6-4-3-5-11(13)9-16-2/h3-7,15H,8-9H2,1-2H3. The van der Waals surface area contributed by atoms with Crippen molar-refractivity contribution in [3.63, 3.8) is 0 Å². The van der Waals surface area contributed by atoms with E-state index in [0.29, 0.717) is 6.61 Å². The smallest absolute Gasteiger partial charge is 0.0897 e. The van der Waals surface area contributed by atoms with Crippen LogP contribution in [-0.4, -0.2) is 12.1 Å². The van der Waals surface area contributed by atoms with Gasteiger partial charge in [0.1, 0.15) is 0 Å². The quantitative estimate of drug-likeness (QED) is 0.882. The highest BCUT2D eigenvalue weighted by Gasteiger charge is 2.02. The fourth-order valence-electron chi connectivity index (χ4n) is 1.64. The van der Waals surface area contributed by atoms with Crippen molar-refractivity contribution >= 4 is 17.0 Å². The molecule has 0 saturated heterocycles. The van der Waals surface area contributed by atoms with E-state index in [-0.39, 0.29) is 0 Å². The van der Waals surface area contributed by atoms with Gasteiger partial charge in [0, 0.05) is 29.4 Å². The van der Waals surface area contributed by atoms with Gasteiger partial charge in [0.25, 0.3) is 0 Å². The summed E-state index contributed by atoms with van der Waals surface area (Å²) >= 11 is 1.72. The largest absolute Gasteiger partial charge is 0.380 e. The van der Waals surface area contributed by atoms with Crippen LogP contribution in [0.25, 0.3) is 0 Å². The van der Waals surface area contributed by atoms with Crippen molar-refractivity contribution < 1.29 is 4.74 Å². The highest BCUT2D eigenvalue weighted by molar-refractivity contribution is 7.11. The minimum Gasteiger partial charge on any atom is -0.380 e. The molecule has 0 aliphatic rings. The van der Waals surface area contributed by atoms with Gasteiger partial charge in [-0.2, -0.15) is 0 Å². The fraction of sp³-hybridized carbons (Fsp3) is 0.308. The molecule has 4 heteroatoms. The molecular formula is C13H16N2OS. The molecule has 1 aromatic heterocycles. The molecule has 0 amide bonds. The molecule has 17 heavy (non-hydrogen) atoms. The molecule has 0 aliphatic carbocycles. The number of benzene rings is 1. The van der Waals surface area contributed by atoms with Crippen molar-refractivity contribution in [2.45, 2.75) is 20.1 Å². The Morgan fingerprint density at radius 3 is 2.88 bits per heavy atom. The van der Waals surface area contributed by atoms with Gasteiger partial charge in [-0.25, -0.2) is 4.98 Å². The lowest BCUT2D eigenvalue weighted by Crippen LogP contribution is -2.01.